The first-order chi connectivity index (χ1) is 47.0. The van der Waals surface area contributed by atoms with Crippen molar-refractivity contribution in [2.75, 3.05) is 57.4 Å². The average molecular weight is 1420 g/mol. The lowest BCUT2D eigenvalue weighted by Gasteiger charge is -2.36. The minimum atomic E-state index is -4.75. The summed E-state index contributed by atoms with van der Waals surface area (Å²) in [6.07, 6.45) is -12.9. The van der Waals surface area contributed by atoms with Gasteiger partial charge in [-0.25, -0.2) is 0 Å². The molecule has 99 heavy (non-hydrogen) atoms. The summed E-state index contributed by atoms with van der Waals surface area (Å²) in [5, 5.41) is 124. The molecule has 7 amide bonds. The Kier molecular flexibility index (Phi) is 25.0. The maximum Gasteiger partial charge on any atom is 0.266 e. The van der Waals surface area contributed by atoms with Crippen LogP contribution in [0.2, 0.25) is 0 Å². The highest BCUT2D eigenvalue weighted by Crippen LogP contribution is 2.41. The average Bonchev–Trinajstić information content (AvgIpc) is 1.59. The first-order valence-electron chi connectivity index (χ1n) is 32.2. The molecule has 4 aromatic carbocycles. The van der Waals surface area contributed by atoms with Crippen molar-refractivity contribution in [3.63, 3.8) is 0 Å². The standard InChI is InChI=1S/C65H85N11O21S2/c1-32-26-76-55(56(32)85)61(90)67-25-44(80)23-46(68-57(86)39-8-12-41(13-9-39)63-73-72-62(98-63)40-10-6-37(7-11-40)38-14-16-43(17-15-38)74-27-33(2)96-34(3)28-74)58(87)69-52(35(4)79)64(91)75-29-45(81)24-47(75)59(88)70-53(50(84)21-36-5-18-48(82)51(22-36)97-99(93,94)95)60(89)71-54(65(76)92)49(83)19-20-66-42(30-77)31-78/h5-18,22,32-35,42,44-47,49-50,52-56,66,77-85,93-95H,19-21,23-31H2,1-4H3,(H,67,90)(H,68,86)(H,69,87)(H,70,88)(H,71,89)/t32-,33-,34+,35+,44+,45+,46?,47-,49+,50+,52-,53-,54-,55-,56-/m0/s1. The molecule has 4 aliphatic heterocycles. The molecule has 34 heteroatoms. The Morgan fingerprint density at radius 3 is 1.87 bits per heavy atom. The lowest BCUT2D eigenvalue weighted by atomic mass is 9.98. The second-order valence-electron chi connectivity index (χ2n) is 25.4. The number of amides is 7. The first kappa shape index (κ1) is 75.2. The molecule has 4 aliphatic rings. The molecule has 1 aromatic heterocycles. The maximum atomic E-state index is 15.0. The maximum absolute atomic E-state index is 15.0. The number of hydrogen-bond donors (Lipinski definition) is 18. The minimum absolute atomic E-state index is 0.00393. The molecule has 538 valence electrons. The van der Waals surface area contributed by atoms with Crippen LogP contribution in [0.1, 0.15) is 62.9 Å². The molecular formula is C65H85N11O21S2. The molecule has 18 N–H and O–H groups in total. The number of rotatable bonds is 19. The SMILES string of the molecule is C[C@@H]1CN(c2ccc(-c3ccc(-c4nnc(-c5ccc(C(=O)NC6C[C@@H](O)CNC(=O)[C@@H]7[C@@H](O)[C@@H](C)CN7C(=O)[C@H]([C@H](O)CCNC(CO)CO)NC(=O)[C@H]([C@H](O)Cc7ccc(O)c(OS(O)(O)O)c7)NC(=O)[C@@H]7C[C@@H](O)CN7C(=O)[C@H]([C@@H](C)O)NC6=O)cc5)s4)cc3)cc2)C[C@H](C)O1. The van der Waals surface area contributed by atoms with Crippen LogP contribution >= 0.6 is 22.5 Å². The van der Waals surface area contributed by atoms with E-state index in [1.54, 1.807) is 12.1 Å². The summed E-state index contributed by atoms with van der Waals surface area (Å²) >= 11 is -3.45. The van der Waals surface area contributed by atoms with Crippen LogP contribution < -0.4 is 41.0 Å². The summed E-state index contributed by atoms with van der Waals surface area (Å²) in [6.45, 7) is 5.24. The summed E-state index contributed by atoms with van der Waals surface area (Å²) < 4.78 is 39.3. The summed E-state index contributed by atoms with van der Waals surface area (Å²) in [5.41, 5.74) is 4.47. The lowest BCUT2D eigenvalue weighted by Crippen LogP contribution is -2.64. The van der Waals surface area contributed by atoms with Crippen LogP contribution in [0.15, 0.2) is 91.0 Å². The number of phenols is 1. The molecule has 0 spiro atoms. The van der Waals surface area contributed by atoms with Gasteiger partial charge in [0.15, 0.2) is 11.5 Å². The lowest BCUT2D eigenvalue weighted by molar-refractivity contribution is -0.147. The van der Waals surface area contributed by atoms with E-state index in [0.29, 0.717) is 15.6 Å². The predicted octanol–water partition coefficient (Wildman–Crippen LogP) is -1.34. The van der Waals surface area contributed by atoms with Gasteiger partial charge in [-0.3, -0.25) is 47.2 Å². The summed E-state index contributed by atoms with van der Waals surface area (Å²) in [4.78, 5) is 106. The Morgan fingerprint density at radius 2 is 1.26 bits per heavy atom. The van der Waals surface area contributed by atoms with E-state index in [0.717, 1.165) is 64.3 Å². The number of aliphatic hydroxyl groups excluding tert-OH is 8. The molecule has 4 saturated heterocycles. The second kappa shape index (κ2) is 33.0. The highest BCUT2D eigenvalue weighted by atomic mass is 32.3. The molecular weight excluding hydrogens is 1330 g/mol. The number of benzene rings is 4. The van der Waals surface area contributed by atoms with E-state index in [9.17, 15) is 93.2 Å². The zero-order chi connectivity index (χ0) is 71.7. The zero-order valence-electron chi connectivity index (χ0n) is 54.5. The summed E-state index contributed by atoms with van der Waals surface area (Å²) in [7, 11) is 0. The van der Waals surface area contributed by atoms with Gasteiger partial charge in [0.2, 0.25) is 35.4 Å². The minimum Gasteiger partial charge on any atom is -0.504 e. The number of morpholine rings is 1. The summed E-state index contributed by atoms with van der Waals surface area (Å²) in [6, 6.07) is 12.8. The molecule has 0 radical (unpaired) electrons. The van der Waals surface area contributed by atoms with Gasteiger partial charge in [-0.05, 0) is 86.8 Å². The fourth-order valence-electron chi connectivity index (χ4n) is 12.5. The molecule has 5 aromatic rings. The third-order valence-electron chi connectivity index (χ3n) is 17.7. The molecule has 5 heterocycles. The van der Waals surface area contributed by atoms with Crippen molar-refractivity contribution in [2.45, 2.75) is 145 Å². The van der Waals surface area contributed by atoms with Crippen LogP contribution in [-0.4, -0.2) is 265 Å². The van der Waals surface area contributed by atoms with Gasteiger partial charge in [0.25, 0.3) is 17.1 Å². The number of aromatic nitrogens is 2. The monoisotopic (exact) mass is 1420 g/mol. The van der Waals surface area contributed by atoms with Gasteiger partial charge in [0.1, 0.15) is 46.3 Å². The normalized spacial score (nSPS) is 26.6. The van der Waals surface area contributed by atoms with E-state index in [2.05, 4.69) is 89.3 Å². The molecule has 15 atom stereocenters. The van der Waals surface area contributed by atoms with Crippen molar-refractivity contribution in [2.24, 2.45) is 5.92 Å². The van der Waals surface area contributed by atoms with E-state index in [1.807, 2.05) is 24.3 Å². The van der Waals surface area contributed by atoms with E-state index in [1.165, 1.54) is 36.5 Å². The number of β-amino-alcohol motifs (C(OH)–C–C–N with tert-alkyl or cyclic N) is 1. The number of fused-ring (bicyclic) bond motifs is 2. The number of hydrogen-bond acceptors (Lipinski definition) is 26. The van der Waals surface area contributed by atoms with Gasteiger partial charge in [0, 0.05) is 80.3 Å². The topological polar surface area (TPSA) is 488 Å². The van der Waals surface area contributed by atoms with Crippen molar-refractivity contribution in [3.05, 3.63) is 102 Å². The Hall–Kier alpha value is -8.04. The molecule has 4 fully saturated rings. The van der Waals surface area contributed by atoms with E-state index in [4.69, 9.17) is 4.74 Å². The molecule has 1 unspecified atom stereocenters. The largest absolute Gasteiger partial charge is 0.504 e. The Labute approximate surface area is 574 Å². The van der Waals surface area contributed by atoms with Gasteiger partial charge < -0.3 is 101 Å². The highest BCUT2D eigenvalue weighted by Gasteiger charge is 2.50. The molecule has 0 aliphatic carbocycles. The van der Waals surface area contributed by atoms with Crippen LogP contribution in [-0.2, 0) is 39.9 Å². The quantitative estimate of drug-likeness (QED) is 0.0455. The van der Waals surface area contributed by atoms with Gasteiger partial charge in [-0.1, -0.05) is 72.9 Å². The van der Waals surface area contributed by atoms with Crippen molar-refractivity contribution >= 4 is 69.5 Å². The predicted molar refractivity (Wildman–Crippen MR) is 358 cm³/mol. The number of carbonyl (C=O) groups excluding carboxylic acids is 7. The third-order valence-corrected chi connectivity index (χ3v) is 19.1. The van der Waals surface area contributed by atoms with Crippen LogP contribution in [0.25, 0.3) is 32.3 Å². The van der Waals surface area contributed by atoms with Crippen LogP contribution in [0.3, 0.4) is 0 Å². The number of aromatic hydroxyl groups is 1. The van der Waals surface area contributed by atoms with Crippen LogP contribution in [0.4, 0.5) is 5.69 Å². The molecule has 0 bridgehead atoms. The van der Waals surface area contributed by atoms with Crippen LogP contribution in [0.5, 0.6) is 11.5 Å². The van der Waals surface area contributed by atoms with Crippen LogP contribution in [0, 0.1) is 5.92 Å². The van der Waals surface area contributed by atoms with Crippen molar-refractivity contribution < 1.29 is 102 Å². The Balaban J connectivity index is 0.978. The van der Waals surface area contributed by atoms with Crippen molar-refractivity contribution in [1.82, 2.24) is 51.9 Å². The van der Waals surface area contributed by atoms with Crippen molar-refractivity contribution in [3.8, 4) is 43.8 Å². The first-order valence-corrected chi connectivity index (χ1v) is 34.4. The van der Waals surface area contributed by atoms with E-state index < -0.39 is 207 Å². The number of nitrogens with zero attached hydrogens (tertiary/aromatic N) is 5. The van der Waals surface area contributed by atoms with Crippen molar-refractivity contribution in [1.29, 1.82) is 0 Å². The second-order valence-corrected chi connectivity index (χ2v) is 27.5. The van der Waals surface area contributed by atoms with Gasteiger partial charge in [0.05, 0.1) is 68.1 Å². The summed E-state index contributed by atoms with van der Waals surface area (Å²) in [5.74, 6) is -10.5. The van der Waals surface area contributed by atoms with Gasteiger partial charge >= 0.3 is 0 Å². The number of phenolic OH excluding ortho intramolecular Hbond substituents is 1. The van der Waals surface area contributed by atoms with Gasteiger partial charge in [-0.2, -0.15) is 0 Å². The smallest absolute Gasteiger partial charge is 0.266 e. The highest BCUT2D eigenvalue weighted by molar-refractivity contribution is 8.15. The fourth-order valence-corrected chi connectivity index (χ4v) is 13.7. The number of carbonyl (C=O) groups is 7. The number of anilines is 1. The number of ether oxygens (including phenoxy) is 1. The number of aliphatic hydroxyl groups is 8. The fraction of sp³-hybridized carbons (Fsp3) is 0.492. The van der Waals surface area contributed by atoms with E-state index in [-0.39, 0.29) is 29.9 Å². The zero-order valence-corrected chi connectivity index (χ0v) is 56.1. The molecule has 9 rings (SSSR count). The number of nitrogens with one attached hydrogen (secondary N) is 6. The van der Waals surface area contributed by atoms with Gasteiger partial charge in [-0.15, -0.1) is 10.2 Å². The molecule has 0 saturated carbocycles. The molecule has 32 nitrogen and oxygen atoms in total. The Bertz CT molecular complexity index is 3630. The Morgan fingerprint density at radius 1 is 0.687 bits per heavy atom. The third kappa shape index (κ3) is 18.9. The van der Waals surface area contributed by atoms with E-state index >= 15 is 0 Å².